The zero-order valence-electron chi connectivity index (χ0n) is 13.4. The predicted octanol–water partition coefficient (Wildman–Crippen LogP) is 3.25. The molecule has 1 aliphatic carbocycles. The first-order chi connectivity index (χ1) is 9.30. The second-order valence-corrected chi connectivity index (χ2v) is 6.89. The van der Waals surface area contributed by atoms with Gasteiger partial charge in [0.05, 0.1) is 0 Å². The van der Waals surface area contributed by atoms with Crippen molar-refractivity contribution in [1.29, 1.82) is 0 Å². The molecule has 0 aliphatic heterocycles. The summed E-state index contributed by atoms with van der Waals surface area (Å²) in [7, 11) is 1.77. The van der Waals surface area contributed by atoms with Gasteiger partial charge in [-0.3, -0.25) is 0 Å². The van der Waals surface area contributed by atoms with E-state index in [1.165, 1.54) is 0 Å². The van der Waals surface area contributed by atoms with Gasteiger partial charge in [-0.1, -0.05) is 13.8 Å². The Morgan fingerprint density at radius 2 is 1.85 bits per heavy atom. The van der Waals surface area contributed by atoms with Gasteiger partial charge in [-0.05, 0) is 44.9 Å². The van der Waals surface area contributed by atoms with Crippen LogP contribution in [0.15, 0.2) is 6.20 Å². The number of aromatic nitrogens is 2. The summed E-state index contributed by atoms with van der Waals surface area (Å²) in [6, 6.07) is -0.0344. The van der Waals surface area contributed by atoms with E-state index in [0.29, 0.717) is 5.41 Å². The number of aryl methyl sites for hydroxylation is 1. The van der Waals surface area contributed by atoms with Gasteiger partial charge in [0.15, 0.2) is 5.82 Å². The van der Waals surface area contributed by atoms with Crippen LogP contribution in [-0.2, 0) is 10.3 Å². The van der Waals surface area contributed by atoms with Crippen molar-refractivity contribution in [3.05, 3.63) is 23.3 Å². The Labute approximate surface area is 122 Å². The minimum Gasteiger partial charge on any atom is -0.370 e. The highest BCUT2D eigenvalue weighted by molar-refractivity contribution is 5.21. The van der Waals surface area contributed by atoms with Gasteiger partial charge in [0, 0.05) is 30.6 Å². The van der Waals surface area contributed by atoms with E-state index in [1.54, 1.807) is 7.11 Å². The number of methoxy groups -OCH3 is 1. The molecule has 2 rings (SSSR count). The molecular weight excluding hydrogens is 250 g/mol. The molecule has 112 valence electrons. The van der Waals surface area contributed by atoms with Crippen LogP contribution >= 0.6 is 0 Å². The lowest BCUT2D eigenvalue weighted by Gasteiger charge is -2.41. The minimum atomic E-state index is -0.323. The van der Waals surface area contributed by atoms with E-state index < -0.39 is 0 Å². The Morgan fingerprint density at radius 3 is 2.30 bits per heavy atom. The van der Waals surface area contributed by atoms with E-state index >= 15 is 0 Å². The van der Waals surface area contributed by atoms with Crippen molar-refractivity contribution in [2.75, 3.05) is 7.11 Å². The average Bonchev–Trinajstić information content (AvgIpc) is 2.39. The van der Waals surface area contributed by atoms with Crippen LogP contribution in [0.1, 0.15) is 69.6 Å². The van der Waals surface area contributed by atoms with Crippen LogP contribution in [0.4, 0.5) is 0 Å². The highest BCUT2D eigenvalue weighted by Gasteiger charge is 2.42. The van der Waals surface area contributed by atoms with Crippen molar-refractivity contribution in [3.63, 3.8) is 0 Å². The van der Waals surface area contributed by atoms with E-state index in [4.69, 9.17) is 15.5 Å². The molecule has 2 N–H and O–H groups in total. The number of hydrogen-bond acceptors (Lipinski definition) is 4. The molecule has 1 unspecified atom stereocenters. The monoisotopic (exact) mass is 277 g/mol. The molecule has 1 heterocycles. The van der Waals surface area contributed by atoms with E-state index in [9.17, 15) is 0 Å². The second-order valence-electron chi connectivity index (χ2n) is 6.89. The third-order valence-corrected chi connectivity index (χ3v) is 4.72. The van der Waals surface area contributed by atoms with Crippen molar-refractivity contribution >= 4 is 0 Å². The fraction of sp³-hybridized carbons (Fsp3) is 0.750. The molecule has 0 saturated heterocycles. The fourth-order valence-electron chi connectivity index (χ4n) is 2.99. The van der Waals surface area contributed by atoms with Gasteiger partial charge in [0.1, 0.15) is 5.60 Å². The average molecular weight is 277 g/mol. The quantitative estimate of drug-likeness (QED) is 0.921. The molecule has 0 amide bonds. The minimum absolute atomic E-state index is 0.0344. The van der Waals surface area contributed by atoms with Crippen LogP contribution in [-0.4, -0.2) is 17.1 Å². The van der Waals surface area contributed by atoms with Crippen molar-refractivity contribution in [3.8, 4) is 0 Å². The normalized spacial score (nSPS) is 22.5. The van der Waals surface area contributed by atoms with Gasteiger partial charge in [-0.15, -0.1) is 0 Å². The van der Waals surface area contributed by atoms with Crippen molar-refractivity contribution in [2.45, 2.75) is 65.0 Å². The summed E-state index contributed by atoms with van der Waals surface area (Å²) in [4.78, 5) is 9.25. The van der Waals surface area contributed by atoms with Crippen molar-refractivity contribution < 1.29 is 4.74 Å². The van der Waals surface area contributed by atoms with E-state index in [1.807, 2.05) is 20.0 Å². The SMILES string of the molecule is COC1(c2ncc(C(C)N)c(C)n2)CCC(C)(C)CC1. The summed E-state index contributed by atoms with van der Waals surface area (Å²) in [5.41, 5.74) is 7.98. The Morgan fingerprint density at radius 1 is 1.25 bits per heavy atom. The summed E-state index contributed by atoms with van der Waals surface area (Å²) in [6.45, 7) is 8.59. The van der Waals surface area contributed by atoms with Crippen LogP contribution < -0.4 is 5.73 Å². The third-order valence-electron chi connectivity index (χ3n) is 4.72. The maximum atomic E-state index is 5.93. The van der Waals surface area contributed by atoms with Gasteiger partial charge < -0.3 is 10.5 Å². The van der Waals surface area contributed by atoms with Gasteiger partial charge in [0.25, 0.3) is 0 Å². The largest absolute Gasteiger partial charge is 0.370 e. The molecule has 0 spiro atoms. The Balaban J connectivity index is 2.31. The molecule has 0 radical (unpaired) electrons. The highest BCUT2D eigenvalue weighted by atomic mass is 16.5. The standard InChI is InChI=1S/C16H27N3O/c1-11(17)13-10-18-14(19-12(13)2)16(20-5)8-6-15(3,4)7-9-16/h10-11H,6-9,17H2,1-5H3. The van der Waals surface area contributed by atoms with Crippen LogP contribution in [0.5, 0.6) is 0 Å². The molecule has 1 atom stereocenters. The van der Waals surface area contributed by atoms with Gasteiger partial charge in [-0.25, -0.2) is 9.97 Å². The molecule has 1 aromatic heterocycles. The number of rotatable bonds is 3. The summed E-state index contributed by atoms with van der Waals surface area (Å²) < 4.78 is 5.86. The molecular formula is C16H27N3O. The summed E-state index contributed by atoms with van der Waals surface area (Å²) >= 11 is 0. The predicted molar refractivity (Wildman–Crippen MR) is 80.3 cm³/mol. The number of nitrogens with two attached hydrogens (primary N) is 1. The zero-order valence-corrected chi connectivity index (χ0v) is 13.4. The van der Waals surface area contributed by atoms with Crippen LogP contribution in [0.25, 0.3) is 0 Å². The number of nitrogens with zero attached hydrogens (tertiary/aromatic N) is 2. The second kappa shape index (κ2) is 5.41. The molecule has 1 fully saturated rings. The molecule has 1 aromatic rings. The number of hydrogen-bond donors (Lipinski definition) is 1. The topological polar surface area (TPSA) is 61.0 Å². The molecule has 20 heavy (non-hydrogen) atoms. The van der Waals surface area contributed by atoms with Gasteiger partial charge in [0.2, 0.25) is 0 Å². The van der Waals surface area contributed by atoms with Crippen LogP contribution in [0.3, 0.4) is 0 Å². The molecule has 1 aliphatic rings. The lowest BCUT2D eigenvalue weighted by Crippen LogP contribution is -2.38. The van der Waals surface area contributed by atoms with Crippen LogP contribution in [0.2, 0.25) is 0 Å². The Kier molecular flexibility index (Phi) is 4.17. The number of ether oxygens (including phenoxy) is 1. The first kappa shape index (κ1) is 15.4. The van der Waals surface area contributed by atoms with Crippen molar-refractivity contribution in [2.24, 2.45) is 11.1 Å². The van der Waals surface area contributed by atoms with Gasteiger partial charge in [-0.2, -0.15) is 0 Å². The first-order valence-electron chi connectivity index (χ1n) is 7.44. The third kappa shape index (κ3) is 2.86. The van der Waals surface area contributed by atoms with E-state index in [-0.39, 0.29) is 11.6 Å². The zero-order chi connectivity index (χ0) is 15.0. The molecule has 0 aromatic carbocycles. The fourth-order valence-corrected chi connectivity index (χ4v) is 2.99. The molecule has 1 saturated carbocycles. The summed E-state index contributed by atoms with van der Waals surface area (Å²) in [5.74, 6) is 0.817. The summed E-state index contributed by atoms with van der Waals surface area (Å²) in [6.07, 6.45) is 6.10. The Bertz CT molecular complexity index is 473. The van der Waals surface area contributed by atoms with Crippen molar-refractivity contribution in [1.82, 2.24) is 9.97 Å². The maximum Gasteiger partial charge on any atom is 0.160 e. The Hall–Kier alpha value is -1.00. The lowest BCUT2D eigenvalue weighted by atomic mass is 9.70. The summed E-state index contributed by atoms with van der Waals surface area (Å²) in [5, 5.41) is 0. The van der Waals surface area contributed by atoms with E-state index in [2.05, 4.69) is 18.8 Å². The van der Waals surface area contributed by atoms with E-state index in [0.717, 1.165) is 42.8 Å². The maximum absolute atomic E-state index is 5.93. The first-order valence-corrected chi connectivity index (χ1v) is 7.44. The molecule has 4 nitrogen and oxygen atoms in total. The smallest absolute Gasteiger partial charge is 0.160 e. The van der Waals surface area contributed by atoms with Crippen LogP contribution in [0, 0.1) is 12.3 Å². The molecule has 4 heteroatoms. The molecule has 0 bridgehead atoms. The lowest BCUT2D eigenvalue weighted by molar-refractivity contribution is -0.0730. The van der Waals surface area contributed by atoms with Gasteiger partial charge >= 0.3 is 0 Å². The highest BCUT2D eigenvalue weighted by Crippen LogP contribution is 2.46.